The second kappa shape index (κ2) is 24.9. The van der Waals surface area contributed by atoms with E-state index in [1.165, 1.54) is 28.0 Å². The number of amides is 3. The number of nitrogens with one attached hydrogen (secondary N) is 2. The number of esters is 1. The lowest BCUT2D eigenvalue weighted by Crippen LogP contribution is -2.71. The lowest BCUT2D eigenvalue weighted by Gasteiger charge is -2.49. The van der Waals surface area contributed by atoms with E-state index in [1.807, 2.05) is 206 Å². The molecule has 2 fully saturated rings. The number of nitrogens with zero attached hydrogens (tertiary/aromatic N) is 4. The van der Waals surface area contributed by atoms with Crippen LogP contribution in [0.25, 0.3) is 0 Å². The maximum atomic E-state index is 15.6. The Labute approximate surface area is 495 Å². The maximum Gasteiger partial charge on any atom is 0.410 e. The standard InChI is InChI=1S/C69H58N6O7S2/c76-62(71-59-63(77)75-60(50(46-83-64(59)75)45-80-67(79)74-43-25-26-44-74)65(78)81-61(48-27-9-1-10-28-48)49-29-11-2-12-30-49)58(73-82-69(54-37-19-6-20-38-54,55-39-21-7-22-40-55)56-41-23-8-24-42-56)57-47-84-66(70-57)72-68(51-31-13-3-14-32-51,52-33-15-4-16-34-52)53-35-17-5-18-36-53/h1-24,27-42,47,59,61,64H,25-26,43-46H2,(H,70,72)(H,71,76)/b73-58-/t59?,64-/m0/s1. The van der Waals surface area contributed by atoms with Crippen LogP contribution in [0.4, 0.5) is 9.93 Å². The van der Waals surface area contributed by atoms with Gasteiger partial charge in [-0.3, -0.25) is 14.5 Å². The van der Waals surface area contributed by atoms with Gasteiger partial charge in [-0.15, -0.1) is 23.1 Å². The van der Waals surface area contributed by atoms with E-state index in [2.05, 4.69) is 47.0 Å². The highest BCUT2D eigenvalue weighted by Crippen LogP contribution is 2.45. The number of rotatable bonds is 19. The van der Waals surface area contributed by atoms with Gasteiger partial charge >= 0.3 is 12.1 Å². The van der Waals surface area contributed by atoms with Crippen molar-refractivity contribution < 1.29 is 33.5 Å². The van der Waals surface area contributed by atoms with Crippen molar-refractivity contribution in [3.05, 3.63) is 310 Å². The van der Waals surface area contributed by atoms with Crippen LogP contribution in [0.2, 0.25) is 0 Å². The van der Waals surface area contributed by atoms with Gasteiger partial charge in [0.05, 0.1) is 0 Å². The quantitative estimate of drug-likeness (QED) is 0.0263. The van der Waals surface area contributed by atoms with Gasteiger partial charge in [-0.05, 0) is 40.7 Å². The molecule has 0 saturated carbocycles. The summed E-state index contributed by atoms with van der Waals surface area (Å²) in [7, 11) is 0. The predicted molar refractivity (Wildman–Crippen MR) is 327 cm³/mol. The highest BCUT2D eigenvalue weighted by molar-refractivity contribution is 8.00. The van der Waals surface area contributed by atoms with Crippen molar-refractivity contribution in [3.8, 4) is 0 Å². The average molecular weight is 1150 g/mol. The van der Waals surface area contributed by atoms with Crippen molar-refractivity contribution in [1.29, 1.82) is 0 Å². The lowest BCUT2D eigenvalue weighted by atomic mass is 9.77. The normalized spacial score (nSPS) is 16.1. The molecule has 2 N–H and O–H groups in total. The minimum atomic E-state index is -1.40. The van der Waals surface area contributed by atoms with Crippen LogP contribution in [-0.4, -0.2) is 81.2 Å². The molecule has 12 rings (SSSR count). The smallest absolute Gasteiger partial charge is 0.410 e. The molecule has 0 bridgehead atoms. The second-order valence-corrected chi connectivity index (χ2v) is 22.5. The fourth-order valence-electron chi connectivity index (χ4n) is 11.3. The largest absolute Gasteiger partial charge is 0.448 e. The Bertz CT molecular complexity index is 3570. The molecule has 0 aliphatic carbocycles. The van der Waals surface area contributed by atoms with Crippen LogP contribution in [0.1, 0.15) is 69.1 Å². The summed E-state index contributed by atoms with van der Waals surface area (Å²) in [5, 5.41) is 13.2. The minimum absolute atomic E-state index is 0.0372. The molecule has 13 nitrogen and oxygen atoms in total. The van der Waals surface area contributed by atoms with Gasteiger partial charge in [0.2, 0.25) is 5.60 Å². The second-order valence-electron chi connectivity index (χ2n) is 20.5. The maximum absolute atomic E-state index is 15.6. The van der Waals surface area contributed by atoms with Crippen LogP contribution in [0.5, 0.6) is 0 Å². The van der Waals surface area contributed by atoms with Crippen molar-refractivity contribution in [1.82, 2.24) is 20.1 Å². The molecule has 3 aliphatic heterocycles. The molecule has 2 saturated heterocycles. The van der Waals surface area contributed by atoms with Crippen molar-refractivity contribution in [2.24, 2.45) is 5.16 Å². The molecule has 15 heteroatoms. The summed E-state index contributed by atoms with van der Waals surface area (Å²) in [6.07, 6.45) is 0.396. The Morgan fingerprint density at radius 1 is 0.607 bits per heavy atom. The summed E-state index contributed by atoms with van der Waals surface area (Å²) in [5.41, 5.74) is 4.48. The first-order chi connectivity index (χ1) is 41.3. The van der Waals surface area contributed by atoms with Crippen LogP contribution < -0.4 is 10.6 Å². The first-order valence-corrected chi connectivity index (χ1v) is 29.8. The topological polar surface area (TPSA) is 152 Å². The first kappa shape index (κ1) is 55.0. The molecule has 3 aliphatic rings. The zero-order valence-corrected chi connectivity index (χ0v) is 47.2. The average Bonchev–Trinajstić information content (AvgIpc) is 3.86. The zero-order chi connectivity index (χ0) is 57.3. The van der Waals surface area contributed by atoms with E-state index in [0.29, 0.717) is 23.8 Å². The van der Waals surface area contributed by atoms with E-state index in [1.54, 1.807) is 10.3 Å². The molecular formula is C69H58N6O7S2. The van der Waals surface area contributed by atoms with Crippen molar-refractivity contribution in [2.45, 2.75) is 41.5 Å². The number of hydrogen-bond donors (Lipinski definition) is 2. The van der Waals surface area contributed by atoms with Crippen molar-refractivity contribution in [3.63, 3.8) is 0 Å². The molecule has 1 aromatic heterocycles. The van der Waals surface area contributed by atoms with Crippen LogP contribution in [0.3, 0.4) is 0 Å². The SMILES string of the molecule is O=C(OC(c1ccccc1)c1ccccc1)C1=C(COC(=O)N2CCCC2)CS[C@H]2C(NC(=O)/C(=N\OC(c3ccccc3)(c3ccccc3)c3ccccc3)c3csc(NC(c4ccccc4)(c4ccccc4)c4ccccc4)n3)C(=O)N12. The summed E-state index contributed by atoms with van der Waals surface area (Å²) < 4.78 is 12.3. The number of carbonyl (C=O) groups is 4. The summed E-state index contributed by atoms with van der Waals surface area (Å²) >= 11 is 2.63. The third-order valence-electron chi connectivity index (χ3n) is 15.4. The molecule has 418 valence electrons. The summed E-state index contributed by atoms with van der Waals surface area (Å²) in [4.78, 5) is 74.0. The molecule has 9 aromatic rings. The van der Waals surface area contributed by atoms with Gasteiger partial charge < -0.3 is 29.8 Å². The number of anilines is 1. The van der Waals surface area contributed by atoms with Crippen LogP contribution in [-0.2, 0) is 39.8 Å². The van der Waals surface area contributed by atoms with E-state index in [0.717, 1.165) is 57.3 Å². The fraction of sp³-hybridized carbons (Fsp3) is 0.159. The van der Waals surface area contributed by atoms with E-state index >= 15 is 9.59 Å². The van der Waals surface area contributed by atoms with Crippen LogP contribution >= 0.6 is 23.1 Å². The van der Waals surface area contributed by atoms with Gasteiger partial charge in [-0.2, -0.15) is 0 Å². The monoisotopic (exact) mass is 1150 g/mol. The molecule has 3 amide bonds. The number of thioether (sulfide) groups is 1. The Kier molecular flexibility index (Phi) is 16.3. The van der Waals surface area contributed by atoms with Gasteiger partial charge in [0.25, 0.3) is 11.8 Å². The van der Waals surface area contributed by atoms with Gasteiger partial charge in [0.15, 0.2) is 16.9 Å². The third kappa shape index (κ3) is 11.0. The van der Waals surface area contributed by atoms with Gasteiger partial charge in [0.1, 0.15) is 35.0 Å². The van der Waals surface area contributed by atoms with Crippen LogP contribution in [0, 0.1) is 0 Å². The number of fused-ring (bicyclic) bond motifs is 1. The summed E-state index contributed by atoms with van der Waals surface area (Å²) in [5.74, 6) is -1.91. The van der Waals surface area contributed by atoms with Crippen molar-refractivity contribution >= 4 is 57.8 Å². The lowest BCUT2D eigenvalue weighted by molar-refractivity contribution is -0.154. The Balaban J connectivity index is 0.928. The minimum Gasteiger partial charge on any atom is -0.448 e. The van der Waals surface area contributed by atoms with Gasteiger partial charge in [0, 0.05) is 46.5 Å². The zero-order valence-electron chi connectivity index (χ0n) is 45.6. The number of carbonyl (C=O) groups excluding carboxylic acids is 4. The number of aromatic nitrogens is 1. The number of thiazole rings is 1. The highest BCUT2D eigenvalue weighted by Gasteiger charge is 2.55. The Hall–Kier alpha value is -9.57. The third-order valence-corrected chi connectivity index (χ3v) is 17.5. The molecule has 1 unspecified atom stereocenters. The number of oxime groups is 1. The molecular weight excluding hydrogens is 1090 g/mol. The van der Waals surface area contributed by atoms with E-state index in [-0.39, 0.29) is 29.5 Å². The van der Waals surface area contributed by atoms with Gasteiger partial charge in [-0.1, -0.05) is 248 Å². The Morgan fingerprint density at radius 2 is 1.05 bits per heavy atom. The number of β-lactam (4-membered cyclic amide) rings is 1. The summed E-state index contributed by atoms with van der Waals surface area (Å²) in [6.45, 7) is 0.895. The number of likely N-dealkylation sites (tertiary alicyclic amines) is 1. The molecule has 0 spiro atoms. The van der Waals surface area contributed by atoms with Crippen molar-refractivity contribution in [2.75, 3.05) is 30.8 Å². The van der Waals surface area contributed by atoms with E-state index in [4.69, 9.17) is 24.5 Å². The molecule has 8 aromatic carbocycles. The first-order valence-electron chi connectivity index (χ1n) is 27.9. The molecule has 0 radical (unpaired) electrons. The number of benzene rings is 8. The molecule has 84 heavy (non-hydrogen) atoms. The predicted octanol–water partition coefficient (Wildman–Crippen LogP) is 12.5. The summed E-state index contributed by atoms with van der Waals surface area (Å²) in [6, 6.07) is 77.0. The molecule has 4 heterocycles. The fourth-order valence-corrected chi connectivity index (χ4v) is 13.3. The van der Waals surface area contributed by atoms with Crippen LogP contribution in [0.15, 0.2) is 264 Å². The van der Waals surface area contributed by atoms with E-state index < -0.39 is 52.5 Å². The Morgan fingerprint density at radius 3 is 1.51 bits per heavy atom. The number of hydrogen-bond acceptors (Lipinski definition) is 12. The van der Waals surface area contributed by atoms with E-state index in [9.17, 15) is 9.59 Å². The molecule has 2 atom stereocenters. The van der Waals surface area contributed by atoms with Gasteiger partial charge in [-0.25, -0.2) is 14.6 Å². The number of ether oxygens (including phenoxy) is 2. The highest BCUT2D eigenvalue weighted by atomic mass is 32.2.